The summed E-state index contributed by atoms with van der Waals surface area (Å²) >= 11 is 3.55. The smallest absolute Gasteiger partial charge is 0.870 e. The molecule has 149 heavy (non-hydrogen) atoms. The molecular weight excluding hydrogens is 1970 g/mol. The molecule has 0 radical (unpaired) electrons. The van der Waals surface area contributed by atoms with Gasteiger partial charge in [0.05, 0.1) is 110 Å². The Morgan fingerprint density at radius 3 is 1.11 bits per heavy atom. The van der Waals surface area contributed by atoms with E-state index in [0.717, 1.165) is 194 Å². The molecule has 0 spiro atoms. The van der Waals surface area contributed by atoms with Gasteiger partial charge in [-0.15, -0.1) is 12.4 Å². The van der Waals surface area contributed by atoms with Crippen LogP contribution in [0, 0.1) is 55.4 Å². The minimum atomic E-state index is -0.889. The van der Waals surface area contributed by atoms with Crippen molar-refractivity contribution in [3.8, 4) is 56.4 Å². The zero-order chi connectivity index (χ0) is 105. The van der Waals surface area contributed by atoms with Gasteiger partial charge in [-0.05, 0) is 350 Å². The number of fused-ring (bicyclic) bond motifs is 4. The summed E-state index contributed by atoms with van der Waals surface area (Å²) in [5, 5.41) is 16.1. The Bertz CT molecular complexity index is 7360. The quantitative estimate of drug-likeness (QED) is 0.0178. The van der Waals surface area contributed by atoms with Crippen molar-refractivity contribution in [3.63, 3.8) is 0 Å². The number of pyridine rings is 4. The number of nitrogens with two attached hydrogens (primary N) is 2. The molecule has 8 aromatic carbocycles. The van der Waals surface area contributed by atoms with Crippen LogP contribution in [0.1, 0.15) is 181 Å². The van der Waals surface area contributed by atoms with Gasteiger partial charge in [0.15, 0.2) is 0 Å². The summed E-state index contributed by atoms with van der Waals surface area (Å²) in [6.07, 6.45) is 14.9. The van der Waals surface area contributed by atoms with E-state index in [1.807, 2.05) is 238 Å². The normalized spacial score (nSPS) is 12.1. The molecule has 7 N–H and O–H groups in total. The number of carbonyl (C=O) groups is 5. The first-order valence-electron chi connectivity index (χ1n) is 48.5. The fourth-order valence-electron chi connectivity index (χ4n) is 16.3. The molecule has 9 heterocycles. The third-order valence-corrected chi connectivity index (χ3v) is 25.2. The zero-order valence-electron chi connectivity index (χ0n) is 88.1. The molecule has 28 nitrogen and oxygen atoms in total. The Hall–Kier alpha value is -13.9. The van der Waals surface area contributed by atoms with E-state index in [1.165, 1.54) is 7.11 Å². The van der Waals surface area contributed by atoms with Crippen LogP contribution in [0.5, 0.6) is 23.0 Å². The third kappa shape index (κ3) is 31.4. The van der Waals surface area contributed by atoms with Crippen LogP contribution < -0.4 is 60.1 Å². The number of ether oxygens (including phenoxy) is 8. The summed E-state index contributed by atoms with van der Waals surface area (Å²) in [7, 11) is 0.939. The van der Waals surface area contributed by atoms with E-state index < -0.39 is 36.0 Å². The number of alkyl carbamates (subject to hydrolysis) is 1. The summed E-state index contributed by atoms with van der Waals surface area (Å²) in [5.74, 6) is 0.971. The fraction of sp³-hybridized carbons (Fsp3) is 0.308. The van der Waals surface area contributed by atoms with E-state index in [9.17, 15) is 29.1 Å². The number of hydrogen-bond donors (Lipinski definition) is 4. The van der Waals surface area contributed by atoms with Gasteiger partial charge < -0.3 is 92.2 Å². The van der Waals surface area contributed by atoms with Crippen LogP contribution in [0.3, 0.4) is 0 Å². The second kappa shape index (κ2) is 53.3. The number of hydrogen-bond acceptors (Lipinski definition) is 26. The molecule has 1 aliphatic heterocycles. The Labute approximate surface area is 895 Å². The van der Waals surface area contributed by atoms with Gasteiger partial charge >= 0.3 is 55.9 Å². The number of aliphatic carboxylic acids is 1. The van der Waals surface area contributed by atoms with Gasteiger partial charge in [0, 0.05) is 104 Å². The van der Waals surface area contributed by atoms with Gasteiger partial charge in [-0.1, -0.05) is 55.5 Å². The Morgan fingerprint density at radius 2 is 0.758 bits per heavy atom. The number of furan rings is 4. The topological polar surface area (TPSA) is 396 Å². The SMILES string of the molecule is CC(C)(C)OC(=O)NCc1cc(B2OC(C)(C)C(C)(C)O2)ccn1.CCOC(=O)Cc1ccc(C)cc1OCc1cc(-c2ccnc(CC)c2)c2occ(C)c2c1.CCOC(=O)Cc1ccc(C)cc1OCc1cc(Br)c2occ(C)c2c1.COC(=O)Cc1ccc(C)cc1OCc1cc(-c2ccnc(CN)c2)c2occ(C)c2c1.Cc1ccc(CC(=O)O)c(OCc2cc(-c3ccnc(CN)c3)c3occ(C)c3c2)c1.Cl.[Li+].[OH-]. The number of nitrogens with one attached hydrogen (secondary N) is 1. The largest absolute Gasteiger partial charge is 1.00 e. The molecule has 17 rings (SSSR count). The minimum absolute atomic E-state index is 0. The predicted molar refractivity (Wildman–Crippen MR) is 578 cm³/mol. The van der Waals surface area contributed by atoms with Crippen LogP contribution in [0.15, 0.2) is 242 Å². The molecule has 0 aliphatic carbocycles. The third-order valence-electron chi connectivity index (χ3n) is 24.7. The Kier molecular flexibility index (Phi) is 41.9. The summed E-state index contributed by atoms with van der Waals surface area (Å²) < 4.78 is 80.9. The van der Waals surface area contributed by atoms with Crippen molar-refractivity contribution in [3.05, 3.63) is 336 Å². The van der Waals surface area contributed by atoms with Crippen molar-refractivity contribution in [2.45, 2.75) is 220 Å². The van der Waals surface area contributed by atoms with Gasteiger partial charge in [-0.2, -0.15) is 0 Å². The number of esters is 3. The van der Waals surface area contributed by atoms with Crippen molar-refractivity contribution in [2.24, 2.45) is 11.5 Å². The molecule has 1 saturated heterocycles. The number of aromatic nitrogens is 4. The zero-order valence-corrected chi connectivity index (χ0v) is 90.5. The molecule has 8 aromatic heterocycles. The molecule has 0 saturated carbocycles. The Morgan fingerprint density at radius 1 is 0.430 bits per heavy atom. The maximum atomic E-state index is 12.0. The average molecular weight is 2100 g/mol. The number of aryl methyl sites for hydroxylation is 9. The number of methoxy groups -OCH3 is 1. The number of benzene rings is 8. The molecule has 0 unspecified atom stereocenters. The molecule has 776 valence electrons. The monoisotopic (exact) mass is 2100 g/mol. The first-order valence-corrected chi connectivity index (χ1v) is 49.3. The van der Waals surface area contributed by atoms with Gasteiger partial charge in [0.1, 0.15) is 77.4 Å². The number of carboxylic acid groups (broad SMARTS) is 1. The molecule has 1 fully saturated rings. The van der Waals surface area contributed by atoms with Crippen LogP contribution in [0.2, 0.25) is 0 Å². The predicted octanol–water partition coefficient (Wildman–Crippen LogP) is 21.2. The number of rotatable bonds is 31. The van der Waals surface area contributed by atoms with Crippen molar-refractivity contribution < 1.29 is 118 Å². The van der Waals surface area contributed by atoms with Gasteiger partial charge in [-0.25, -0.2) is 4.79 Å². The van der Waals surface area contributed by atoms with Crippen LogP contribution in [0.4, 0.5) is 4.79 Å². The van der Waals surface area contributed by atoms with Crippen molar-refractivity contribution in [1.29, 1.82) is 0 Å². The first kappa shape index (κ1) is 117. The fourth-order valence-corrected chi connectivity index (χ4v) is 16.9. The van der Waals surface area contributed by atoms with Crippen LogP contribution in [-0.4, -0.2) is 105 Å². The summed E-state index contributed by atoms with van der Waals surface area (Å²) in [6, 6.07) is 55.3. The maximum absolute atomic E-state index is 12.0. The number of halogens is 2. The second-order valence-corrected chi connectivity index (χ2v) is 38.8. The van der Waals surface area contributed by atoms with Crippen LogP contribution >= 0.6 is 28.3 Å². The van der Waals surface area contributed by atoms with Crippen molar-refractivity contribution >= 4 is 115 Å². The number of carbonyl (C=O) groups excluding carboxylic acids is 4. The summed E-state index contributed by atoms with van der Waals surface area (Å²) in [5.41, 5.74) is 39.3. The van der Waals surface area contributed by atoms with E-state index in [-0.39, 0.29) is 86.9 Å². The molecule has 1 aliphatic rings. The number of amides is 1. The van der Waals surface area contributed by atoms with Crippen LogP contribution in [0.25, 0.3) is 77.3 Å². The minimum Gasteiger partial charge on any atom is -0.870 e. The second-order valence-electron chi connectivity index (χ2n) is 38.0. The van der Waals surface area contributed by atoms with Crippen molar-refractivity contribution in [2.75, 3.05) is 20.3 Å². The van der Waals surface area contributed by atoms with E-state index >= 15 is 0 Å². The van der Waals surface area contributed by atoms with Gasteiger partial charge in [-0.3, -0.25) is 39.1 Å². The van der Waals surface area contributed by atoms with Crippen molar-refractivity contribution in [1.82, 2.24) is 25.3 Å². The first-order chi connectivity index (χ1) is 69.8. The van der Waals surface area contributed by atoms with Gasteiger partial charge in [0.25, 0.3) is 0 Å². The van der Waals surface area contributed by atoms with E-state index in [0.29, 0.717) is 87.0 Å². The molecule has 1 amide bonds. The maximum Gasteiger partial charge on any atom is 1.00 e. The number of carboxylic acids is 1. The molecular formula is C117H129BBrClLiN7O21. The average Bonchev–Trinajstić information content (AvgIpc) is 1.62. The molecule has 32 heteroatoms. The Balaban J connectivity index is 0.000000190. The van der Waals surface area contributed by atoms with E-state index in [4.69, 9.17) is 76.3 Å². The molecule has 0 atom stereocenters. The number of nitrogens with zero attached hydrogens (tertiary/aromatic N) is 4. The van der Waals surface area contributed by atoms with Crippen LogP contribution in [-0.2, 0) is 126 Å². The van der Waals surface area contributed by atoms with E-state index in [1.54, 1.807) is 56.6 Å². The summed E-state index contributed by atoms with van der Waals surface area (Å²) in [6.45, 7) is 38.4. The molecule has 16 aromatic rings. The standard InChI is InChI=1S/C28H29NO4.C26H26N2O4.C25H24N2O4.C21H21BrO4.C17H27BN2O4.ClH.Li.H2O/c1-5-23-14-21(9-10-29-23)25-13-20(12-24-19(4)16-33-28(24)25)17-32-26-11-18(3)7-8-22(26)15-27(30)31-6-2;1-16-4-5-20(12-25(29)30-3)24(8-16)31-15-18-9-22-17(2)14-32-26(22)23(10-18)19-6-7-28-21(11-19)13-27;1-15-3-4-19(11-24(28)29)23(7-15)30-14-17-8-21-16(2)13-31-25(21)22(9-17)18-5-6-27-20(10-18)12-26;1-4-24-20(23)10-16-6-5-13(2)7-19(16)25-12-15-8-17-14(3)11-26-21(17)18(22)9-15;1-15(2,3)22-14(21)20-11-13-10-12(8-9-19-13)18-23-16(4,5)17(6,7)24-18;;;/h7-14,16H,5-6,15,17H2,1-4H3;4-11,14H,12-13,15,27H2,1-3H3;3-10,13H,11-12,14,26H2,1-2H3,(H,28,29);5-9,11H,4,10,12H2,1-3H3;8-10H,11H2,1-7H3,(H,20,21);1H;;1H2/q;;;;;;+1;/p-1. The van der Waals surface area contributed by atoms with Gasteiger partial charge in [0.2, 0.25) is 0 Å². The summed E-state index contributed by atoms with van der Waals surface area (Å²) in [4.78, 5) is 75.9. The molecule has 0 bridgehead atoms. The van der Waals surface area contributed by atoms with E-state index in [2.05, 4.69) is 90.6 Å².